The Hall–Kier alpha value is -3.21. The summed E-state index contributed by atoms with van der Waals surface area (Å²) in [6, 6.07) is 9.41. The van der Waals surface area contributed by atoms with Gasteiger partial charge in [0.15, 0.2) is 34.9 Å². The van der Waals surface area contributed by atoms with Crippen LogP contribution >= 0.6 is 0 Å². The third-order valence-electron chi connectivity index (χ3n) is 5.60. The highest BCUT2D eigenvalue weighted by atomic mass is 16.5. The number of phenolic OH excluding ortho intramolecular Hbond substituents is 2. The summed E-state index contributed by atoms with van der Waals surface area (Å²) in [6.07, 6.45) is 4.36. The van der Waals surface area contributed by atoms with Gasteiger partial charge in [0.1, 0.15) is 6.54 Å². The number of nitrogens with zero attached hydrogens (tertiary/aromatic N) is 1. The first-order valence-corrected chi connectivity index (χ1v) is 9.00. The molecule has 0 saturated carbocycles. The fourth-order valence-electron chi connectivity index (χ4n) is 4.28. The third-order valence-corrected chi connectivity index (χ3v) is 5.60. The van der Waals surface area contributed by atoms with Gasteiger partial charge >= 0.3 is 0 Å². The fourth-order valence-corrected chi connectivity index (χ4v) is 4.28. The van der Waals surface area contributed by atoms with Crippen molar-refractivity contribution in [2.75, 3.05) is 14.2 Å². The molecule has 0 saturated heterocycles. The second-order valence-corrected chi connectivity index (χ2v) is 7.03. The Kier molecular flexibility index (Phi) is 3.34. The highest BCUT2D eigenvalue weighted by Crippen LogP contribution is 2.43. The molecule has 0 amide bonds. The molecule has 5 heteroatoms. The summed E-state index contributed by atoms with van der Waals surface area (Å²) < 4.78 is 13.0. The number of aromatic hydroxyl groups is 2. The maximum Gasteiger partial charge on any atom is 0.182 e. The summed E-state index contributed by atoms with van der Waals surface area (Å²) in [4.78, 5) is 0. The minimum absolute atomic E-state index is 0.0894. The first kappa shape index (κ1) is 16.0. The van der Waals surface area contributed by atoms with Crippen LogP contribution in [0.5, 0.6) is 23.0 Å². The van der Waals surface area contributed by atoms with Crippen molar-refractivity contribution in [1.82, 2.24) is 0 Å². The predicted octanol–water partition coefficient (Wildman–Crippen LogP) is 3.81. The number of hydrogen-bond acceptors (Lipinski definition) is 4. The minimum atomic E-state index is 0.0894. The highest BCUT2D eigenvalue weighted by Gasteiger charge is 2.23. The molecule has 1 aliphatic heterocycles. The molecule has 0 aliphatic carbocycles. The Morgan fingerprint density at radius 3 is 1.85 bits per heavy atom. The van der Waals surface area contributed by atoms with Crippen LogP contribution in [0.15, 0.2) is 36.5 Å². The van der Waals surface area contributed by atoms with Gasteiger partial charge in [-0.05, 0) is 40.4 Å². The van der Waals surface area contributed by atoms with Crippen LogP contribution in [0, 0.1) is 0 Å². The fraction of sp³-hybridized carbons (Fsp3) is 0.227. The average molecular weight is 362 g/mol. The molecular formula is C22H20NO4+. The van der Waals surface area contributed by atoms with Crippen molar-refractivity contribution in [1.29, 1.82) is 0 Å². The second kappa shape index (κ2) is 5.64. The van der Waals surface area contributed by atoms with Crippen LogP contribution in [0.1, 0.15) is 12.1 Å². The Labute approximate surface area is 156 Å². The molecule has 0 fully saturated rings. The molecule has 4 aromatic rings. The summed E-state index contributed by atoms with van der Waals surface area (Å²) in [5, 5.41) is 26.7. The quantitative estimate of drug-likeness (QED) is 0.420. The summed E-state index contributed by atoms with van der Waals surface area (Å²) in [7, 11) is 3.09. The first-order chi connectivity index (χ1) is 13.1. The molecule has 0 radical (unpaired) electrons. The van der Waals surface area contributed by atoms with E-state index in [-0.39, 0.29) is 11.5 Å². The van der Waals surface area contributed by atoms with Crippen molar-refractivity contribution in [3.8, 4) is 23.0 Å². The van der Waals surface area contributed by atoms with Crippen LogP contribution in [0.25, 0.3) is 32.3 Å². The molecule has 0 spiro atoms. The summed E-state index contributed by atoms with van der Waals surface area (Å²) >= 11 is 0. The Balaban J connectivity index is 2.05. The predicted molar refractivity (Wildman–Crippen MR) is 104 cm³/mol. The summed E-state index contributed by atoms with van der Waals surface area (Å²) in [5.74, 6) is 1.05. The molecule has 3 aromatic carbocycles. The van der Waals surface area contributed by atoms with Crippen LogP contribution in [0.3, 0.4) is 0 Å². The number of aromatic nitrogens is 1. The molecule has 27 heavy (non-hydrogen) atoms. The topological polar surface area (TPSA) is 62.8 Å². The maximum absolute atomic E-state index is 10.4. The third kappa shape index (κ3) is 2.21. The zero-order valence-electron chi connectivity index (χ0n) is 15.2. The lowest BCUT2D eigenvalue weighted by Crippen LogP contribution is -2.32. The molecule has 1 aromatic heterocycles. The van der Waals surface area contributed by atoms with Gasteiger partial charge in [-0.2, -0.15) is 0 Å². The lowest BCUT2D eigenvalue weighted by Gasteiger charge is -2.14. The molecule has 136 valence electrons. The molecule has 0 atom stereocenters. The van der Waals surface area contributed by atoms with Crippen LogP contribution in [-0.2, 0) is 13.0 Å². The molecule has 0 unspecified atom stereocenters. The van der Waals surface area contributed by atoms with Crippen LogP contribution in [0.4, 0.5) is 0 Å². The van der Waals surface area contributed by atoms with E-state index in [0.29, 0.717) is 11.5 Å². The molecule has 5 rings (SSSR count). The number of phenols is 2. The summed E-state index contributed by atoms with van der Waals surface area (Å²) in [5.41, 5.74) is 1.30. The minimum Gasteiger partial charge on any atom is -0.504 e. The number of ether oxygens (including phenoxy) is 2. The van der Waals surface area contributed by atoms with Crippen LogP contribution in [-0.4, -0.2) is 24.4 Å². The number of rotatable bonds is 2. The lowest BCUT2D eigenvalue weighted by molar-refractivity contribution is -0.689. The molecule has 0 bridgehead atoms. The van der Waals surface area contributed by atoms with E-state index in [2.05, 4.69) is 16.8 Å². The zero-order chi connectivity index (χ0) is 18.7. The Morgan fingerprint density at radius 1 is 0.741 bits per heavy atom. The number of aryl methyl sites for hydroxylation is 2. The molecule has 1 aliphatic rings. The normalized spacial score (nSPS) is 13.4. The van der Waals surface area contributed by atoms with Crippen LogP contribution in [0.2, 0.25) is 0 Å². The van der Waals surface area contributed by atoms with E-state index in [0.717, 1.165) is 51.7 Å². The number of fused-ring (bicyclic) bond motifs is 7. The van der Waals surface area contributed by atoms with E-state index in [9.17, 15) is 10.2 Å². The molecular weight excluding hydrogens is 342 g/mol. The number of benzene rings is 3. The van der Waals surface area contributed by atoms with Crippen LogP contribution < -0.4 is 14.0 Å². The summed E-state index contributed by atoms with van der Waals surface area (Å²) in [6.45, 7) is 1.01. The Bertz CT molecular complexity index is 1230. The smallest absolute Gasteiger partial charge is 0.182 e. The first-order valence-electron chi connectivity index (χ1n) is 9.00. The van der Waals surface area contributed by atoms with Gasteiger partial charge in [-0.1, -0.05) is 0 Å². The van der Waals surface area contributed by atoms with Crippen molar-refractivity contribution >= 4 is 32.3 Å². The van der Waals surface area contributed by atoms with Crippen molar-refractivity contribution in [3.05, 3.63) is 42.2 Å². The van der Waals surface area contributed by atoms with E-state index in [1.54, 1.807) is 19.2 Å². The Morgan fingerprint density at radius 2 is 1.26 bits per heavy atom. The van der Waals surface area contributed by atoms with Gasteiger partial charge in [-0.3, -0.25) is 0 Å². The number of hydrogen-bond donors (Lipinski definition) is 2. The second-order valence-electron chi connectivity index (χ2n) is 7.03. The van der Waals surface area contributed by atoms with E-state index in [4.69, 9.17) is 9.47 Å². The highest BCUT2D eigenvalue weighted by molar-refractivity contribution is 6.26. The SMILES string of the molecule is COc1cc2c(cc1O)c1cc(OC)c(O)cc1c1cc3[n+](cc21)CCC3. The number of pyridine rings is 1. The van der Waals surface area contributed by atoms with Gasteiger partial charge in [-0.15, -0.1) is 0 Å². The van der Waals surface area contributed by atoms with Gasteiger partial charge in [0, 0.05) is 29.7 Å². The number of methoxy groups -OCH3 is 2. The van der Waals surface area contributed by atoms with Gasteiger partial charge in [0.2, 0.25) is 0 Å². The molecule has 2 N–H and O–H groups in total. The monoisotopic (exact) mass is 362 g/mol. The lowest BCUT2D eigenvalue weighted by atomic mass is 9.94. The van der Waals surface area contributed by atoms with E-state index in [1.165, 1.54) is 12.8 Å². The van der Waals surface area contributed by atoms with E-state index < -0.39 is 0 Å². The van der Waals surface area contributed by atoms with Gasteiger partial charge in [0.05, 0.1) is 19.6 Å². The maximum atomic E-state index is 10.4. The molecule has 5 nitrogen and oxygen atoms in total. The van der Waals surface area contributed by atoms with Gasteiger partial charge in [0.25, 0.3) is 0 Å². The van der Waals surface area contributed by atoms with Crippen molar-refractivity contribution in [2.45, 2.75) is 19.4 Å². The largest absolute Gasteiger partial charge is 0.504 e. The molecule has 2 heterocycles. The van der Waals surface area contributed by atoms with Crippen molar-refractivity contribution in [2.24, 2.45) is 0 Å². The zero-order valence-corrected chi connectivity index (χ0v) is 15.2. The average Bonchev–Trinajstić information content (AvgIpc) is 3.13. The van der Waals surface area contributed by atoms with E-state index >= 15 is 0 Å². The van der Waals surface area contributed by atoms with E-state index in [1.807, 2.05) is 12.1 Å². The standard InChI is InChI=1S/C22H19NO4/c1-26-21-9-16-14(7-19(21)24)13-6-12-4-3-5-23(12)11-18(13)17-10-22(27-2)20(25)8-15(16)17/h6-11H,3-5H2,1-2H3,(H-,24,25)/p+1. The van der Waals surface area contributed by atoms with Crippen molar-refractivity contribution in [3.63, 3.8) is 0 Å². The van der Waals surface area contributed by atoms with Crippen molar-refractivity contribution < 1.29 is 24.3 Å². The van der Waals surface area contributed by atoms with Gasteiger partial charge in [-0.25, -0.2) is 4.57 Å². The van der Waals surface area contributed by atoms with Gasteiger partial charge < -0.3 is 19.7 Å².